The SMILES string of the molecule is COC(=O)c1c(C(F)(F)F)sc2c1CCOC21CCNCC1. The van der Waals surface area contributed by atoms with E-state index >= 15 is 0 Å². The summed E-state index contributed by atoms with van der Waals surface area (Å²) in [5.41, 5.74) is -0.566. The Morgan fingerprint density at radius 3 is 2.64 bits per heavy atom. The molecule has 0 saturated carbocycles. The van der Waals surface area contributed by atoms with Crippen LogP contribution in [-0.4, -0.2) is 32.8 Å². The molecule has 2 aliphatic heterocycles. The third kappa shape index (κ3) is 2.43. The Morgan fingerprint density at radius 1 is 1.36 bits per heavy atom. The smallest absolute Gasteiger partial charge is 0.426 e. The maximum Gasteiger partial charge on any atom is 0.426 e. The van der Waals surface area contributed by atoms with Gasteiger partial charge >= 0.3 is 12.1 Å². The number of piperidine rings is 1. The van der Waals surface area contributed by atoms with Crippen molar-refractivity contribution in [2.24, 2.45) is 0 Å². The normalized spacial score (nSPS) is 20.7. The lowest BCUT2D eigenvalue weighted by atomic mass is 9.84. The molecule has 8 heteroatoms. The third-order valence-corrected chi connectivity index (χ3v) is 5.67. The van der Waals surface area contributed by atoms with Crippen LogP contribution in [0.2, 0.25) is 0 Å². The van der Waals surface area contributed by atoms with Crippen molar-refractivity contribution in [3.63, 3.8) is 0 Å². The summed E-state index contributed by atoms with van der Waals surface area (Å²) < 4.78 is 50.5. The fraction of sp³-hybridized carbons (Fsp3) is 0.643. The first-order valence-corrected chi connectivity index (χ1v) is 7.87. The van der Waals surface area contributed by atoms with E-state index in [0.29, 0.717) is 60.7 Å². The topological polar surface area (TPSA) is 47.6 Å². The Labute approximate surface area is 129 Å². The number of nitrogens with one attached hydrogen (secondary N) is 1. The first-order valence-electron chi connectivity index (χ1n) is 7.05. The van der Waals surface area contributed by atoms with Gasteiger partial charge in [0, 0.05) is 4.88 Å². The summed E-state index contributed by atoms with van der Waals surface area (Å²) in [6.45, 7) is 1.70. The summed E-state index contributed by atoms with van der Waals surface area (Å²) in [5, 5.41) is 3.18. The Morgan fingerprint density at radius 2 is 2.05 bits per heavy atom. The van der Waals surface area contributed by atoms with E-state index in [1.54, 1.807) is 0 Å². The Bertz CT molecular complexity index is 591. The van der Waals surface area contributed by atoms with E-state index in [1.165, 1.54) is 0 Å². The van der Waals surface area contributed by atoms with Gasteiger partial charge in [-0.05, 0) is 37.9 Å². The Hall–Kier alpha value is -1.12. The van der Waals surface area contributed by atoms with E-state index < -0.39 is 22.6 Å². The van der Waals surface area contributed by atoms with Crippen molar-refractivity contribution in [2.45, 2.75) is 31.0 Å². The molecule has 0 radical (unpaired) electrons. The third-order valence-electron chi connectivity index (χ3n) is 4.21. The van der Waals surface area contributed by atoms with Crippen molar-refractivity contribution in [2.75, 3.05) is 26.8 Å². The zero-order valence-electron chi connectivity index (χ0n) is 12.0. The minimum atomic E-state index is -4.57. The standard InChI is InChI=1S/C14H16F3NO3S/c1-20-12(19)9-8-2-7-21-13(3-5-18-6-4-13)10(8)22-11(9)14(15,16)17/h18H,2-7H2,1H3. The van der Waals surface area contributed by atoms with Crippen LogP contribution >= 0.6 is 11.3 Å². The van der Waals surface area contributed by atoms with Gasteiger partial charge in [-0.1, -0.05) is 0 Å². The molecule has 0 aromatic carbocycles. The van der Waals surface area contributed by atoms with Crippen molar-refractivity contribution in [3.05, 3.63) is 20.9 Å². The van der Waals surface area contributed by atoms with Crippen molar-refractivity contribution in [1.29, 1.82) is 0 Å². The van der Waals surface area contributed by atoms with Crippen molar-refractivity contribution >= 4 is 17.3 Å². The van der Waals surface area contributed by atoms with E-state index in [4.69, 9.17) is 4.74 Å². The lowest BCUT2D eigenvalue weighted by molar-refractivity contribution is -0.134. The highest BCUT2D eigenvalue weighted by molar-refractivity contribution is 7.12. The molecule has 0 bridgehead atoms. The van der Waals surface area contributed by atoms with Gasteiger partial charge in [0.05, 0.1) is 19.3 Å². The van der Waals surface area contributed by atoms with Crippen LogP contribution in [0.4, 0.5) is 13.2 Å². The summed E-state index contributed by atoms with van der Waals surface area (Å²) >= 11 is 0.639. The number of halogens is 3. The molecule has 1 aromatic rings. The average Bonchev–Trinajstić information content (AvgIpc) is 2.89. The van der Waals surface area contributed by atoms with Gasteiger partial charge in [-0.2, -0.15) is 13.2 Å². The zero-order chi connectivity index (χ0) is 16.0. The fourth-order valence-corrected chi connectivity index (χ4v) is 4.61. The number of carbonyl (C=O) groups excluding carboxylic acids is 1. The maximum absolute atomic E-state index is 13.3. The maximum atomic E-state index is 13.3. The number of thiophene rings is 1. The molecule has 1 spiro atoms. The predicted molar refractivity (Wildman–Crippen MR) is 74.1 cm³/mol. The number of esters is 1. The molecule has 1 saturated heterocycles. The number of ether oxygens (including phenoxy) is 2. The molecular weight excluding hydrogens is 319 g/mol. The number of methoxy groups -OCH3 is 1. The molecule has 3 rings (SSSR count). The minimum absolute atomic E-state index is 0.307. The molecule has 22 heavy (non-hydrogen) atoms. The van der Waals surface area contributed by atoms with E-state index in [9.17, 15) is 18.0 Å². The van der Waals surface area contributed by atoms with Crippen LogP contribution in [-0.2, 0) is 27.7 Å². The van der Waals surface area contributed by atoms with E-state index in [-0.39, 0.29) is 5.56 Å². The fourth-order valence-electron chi connectivity index (χ4n) is 3.21. The molecule has 3 heterocycles. The Kier molecular flexibility index (Phi) is 3.94. The van der Waals surface area contributed by atoms with E-state index in [0.717, 1.165) is 7.11 Å². The molecule has 0 aliphatic carbocycles. The van der Waals surface area contributed by atoms with Gasteiger partial charge in [0.25, 0.3) is 0 Å². The lowest BCUT2D eigenvalue weighted by Crippen LogP contribution is -2.44. The zero-order valence-corrected chi connectivity index (χ0v) is 12.8. The van der Waals surface area contributed by atoms with Crippen LogP contribution in [0.25, 0.3) is 0 Å². The molecule has 4 nitrogen and oxygen atoms in total. The van der Waals surface area contributed by atoms with Crippen molar-refractivity contribution in [1.82, 2.24) is 5.32 Å². The quantitative estimate of drug-likeness (QED) is 0.802. The van der Waals surface area contributed by atoms with Gasteiger partial charge in [0.15, 0.2) is 0 Å². The van der Waals surface area contributed by atoms with Crippen LogP contribution in [0.1, 0.15) is 38.5 Å². The number of alkyl halides is 3. The minimum Gasteiger partial charge on any atom is -0.465 e. The largest absolute Gasteiger partial charge is 0.465 e. The van der Waals surface area contributed by atoms with Crippen LogP contribution < -0.4 is 5.32 Å². The first-order chi connectivity index (χ1) is 10.4. The van der Waals surface area contributed by atoms with Crippen LogP contribution in [0.15, 0.2) is 0 Å². The molecule has 0 atom stereocenters. The summed E-state index contributed by atoms with van der Waals surface area (Å²) in [7, 11) is 1.10. The molecular formula is C14H16F3NO3S. The number of hydrogen-bond acceptors (Lipinski definition) is 5. The molecule has 122 valence electrons. The van der Waals surface area contributed by atoms with Crippen molar-refractivity contribution in [3.8, 4) is 0 Å². The highest BCUT2D eigenvalue weighted by atomic mass is 32.1. The molecule has 2 aliphatic rings. The molecule has 1 N–H and O–H groups in total. The average molecular weight is 335 g/mol. The second kappa shape index (κ2) is 5.50. The highest BCUT2D eigenvalue weighted by Gasteiger charge is 2.48. The summed E-state index contributed by atoms with van der Waals surface area (Å²) in [5.74, 6) is -0.921. The van der Waals surface area contributed by atoms with Gasteiger partial charge in [0.1, 0.15) is 10.5 Å². The number of rotatable bonds is 1. The molecule has 1 fully saturated rings. The van der Waals surface area contributed by atoms with Gasteiger partial charge < -0.3 is 14.8 Å². The summed E-state index contributed by atoms with van der Waals surface area (Å²) in [6.07, 6.45) is -3.04. The molecule has 1 aromatic heterocycles. The first kappa shape index (κ1) is 15.8. The second-order valence-corrected chi connectivity index (χ2v) is 6.47. The monoisotopic (exact) mass is 335 g/mol. The van der Waals surface area contributed by atoms with Gasteiger partial charge in [0.2, 0.25) is 0 Å². The van der Waals surface area contributed by atoms with Gasteiger partial charge in [-0.15, -0.1) is 11.3 Å². The number of fused-ring (bicyclic) bond motifs is 2. The highest BCUT2D eigenvalue weighted by Crippen LogP contribution is 2.50. The molecule has 0 amide bonds. The summed E-state index contributed by atoms with van der Waals surface area (Å²) in [4.78, 5) is 11.6. The van der Waals surface area contributed by atoms with Crippen LogP contribution in [0.3, 0.4) is 0 Å². The molecule has 0 unspecified atom stereocenters. The lowest BCUT2D eigenvalue weighted by Gasteiger charge is -2.40. The van der Waals surface area contributed by atoms with Crippen molar-refractivity contribution < 1.29 is 27.4 Å². The predicted octanol–water partition coefficient (Wildman–Crippen LogP) is 2.70. The number of hydrogen-bond donors (Lipinski definition) is 1. The van der Waals surface area contributed by atoms with Crippen LogP contribution in [0, 0.1) is 0 Å². The number of carbonyl (C=O) groups is 1. The second-order valence-electron chi connectivity index (χ2n) is 5.45. The summed E-state index contributed by atoms with van der Waals surface area (Å²) in [6, 6.07) is 0. The van der Waals surface area contributed by atoms with Crippen LogP contribution in [0.5, 0.6) is 0 Å². The van der Waals surface area contributed by atoms with E-state index in [2.05, 4.69) is 10.1 Å². The van der Waals surface area contributed by atoms with E-state index in [1.807, 2.05) is 0 Å². The Balaban J connectivity index is 2.18. The van der Waals surface area contributed by atoms with Gasteiger partial charge in [-0.3, -0.25) is 0 Å². The van der Waals surface area contributed by atoms with Gasteiger partial charge in [-0.25, -0.2) is 4.79 Å².